The lowest BCUT2D eigenvalue weighted by Crippen LogP contribution is -2.29. The van der Waals surface area contributed by atoms with E-state index in [-0.39, 0.29) is 0 Å². The van der Waals surface area contributed by atoms with E-state index < -0.39 is 0 Å². The van der Waals surface area contributed by atoms with Crippen LogP contribution in [0.15, 0.2) is 30.5 Å². The lowest BCUT2D eigenvalue weighted by Gasteiger charge is -2.05. The highest BCUT2D eigenvalue weighted by Crippen LogP contribution is 2.24. The van der Waals surface area contributed by atoms with E-state index in [0.29, 0.717) is 0 Å². The SMILES string of the molecule is Cc1ccccc1-c1n2c(c[n+]1C)CCCCC2. The van der Waals surface area contributed by atoms with Crippen LogP contribution in [-0.2, 0) is 20.0 Å². The van der Waals surface area contributed by atoms with Crippen LogP contribution >= 0.6 is 0 Å². The van der Waals surface area contributed by atoms with Crippen LogP contribution in [0.4, 0.5) is 0 Å². The average Bonchev–Trinajstić information content (AvgIpc) is 2.53. The Labute approximate surface area is 109 Å². The van der Waals surface area contributed by atoms with E-state index in [2.05, 4.69) is 53.6 Å². The van der Waals surface area contributed by atoms with Crippen molar-refractivity contribution >= 4 is 0 Å². The van der Waals surface area contributed by atoms with Gasteiger partial charge in [-0.05, 0) is 37.8 Å². The molecule has 0 atom stereocenters. The maximum Gasteiger partial charge on any atom is 0.289 e. The molecule has 0 N–H and O–H groups in total. The summed E-state index contributed by atoms with van der Waals surface area (Å²) in [5, 5.41) is 0. The summed E-state index contributed by atoms with van der Waals surface area (Å²) in [4.78, 5) is 0. The molecule has 2 heterocycles. The number of nitrogens with zero attached hydrogens (tertiary/aromatic N) is 2. The van der Waals surface area contributed by atoms with E-state index in [9.17, 15) is 0 Å². The fraction of sp³-hybridized carbons (Fsp3) is 0.438. The molecule has 1 aromatic heterocycles. The molecule has 2 heteroatoms. The van der Waals surface area contributed by atoms with Gasteiger partial charge < -0.3 is 0 Å². The Kier molecular flexibility index (Phi) is 2.94. The van der Waals surface area contributed by atoms with Gasteiger partial charge in [-0.3, -0.25) is 0 Å². The second-order valence-electron chi connectivity index (χ2n) is 5.33. The number of hydrogen-bond acceptors (Lipinski definition) is 0. The fourth-order valence-electron chi connectivity index (χ4n) is 3.04. The van der Waals surface area contributed by atoms with Crippen LogP contribution < -0.4 is 4.57 Å². The molecule has 0 amide bonds. The fourth-order valence-corrected chi connectivity index (χ4v) is 3.04. The maximum atomic E-state index is 2.52. The van der Waals surface area contributed by atoms with Crippen LogP contribution in [-0.4, -0.2) is 4.57 Å². The zero-order valence-electron chi connectivity index (χ0n) is 11.3. The second-order valence-corrected chi connectivity index (χ2v) is 5.33. The van der Waals surface area contributed by atoms with E-state index in [4.69, 9.17) is 0 Å². The van der Waals surface area contributed by atoms with Crippen LogP contribution in [0.2, 0.25) is 0 Å². The molecular formula is C16H21N2+. The first kappa shape index (κ1) is 11.5. The number of hydrogen-bond donors (Lipinski definition) is 0. The zero-order chi connectivity index (χ0) is 12.5. The summed E-state index contributed by atoms with van der Waals surface area (Å²) in [7, 11) is 2.17. The topological polar surface area (TPSA) is 8.81 Å². The molecule has 1 aliphatic rings. The Morgan fingerprint density at radius 2 is 1.94 bits per heavy atom. The Morgan fingerprint density at radius 3 is 2.78 bits per heavy atom. The molecule has 0 aliphatic carbocycles. The third-order valence-electron chi connectivity index (χ3n) is 3.98. The monoisotopic (exact) mass is 241 g/mol. The summed E-state index contributed by atoms with van der Waals surface area (Å²) in [6, 6.07) is 8.69. The van der Waals surface area contributed by atoms with Crippen molar-refractivity contribution in [1.82, 2.24) is 4.57 Å². The molecule has 18 heavy (non-hydrogen) atoms. The molecule has 94 valence electrons. The maximum absolute atomic E-state index is 2.52. The summed E-state index contributed by atoms with van der Waals surface area (Å²) in [5.74, 6) is 1.37. The van der Waals surface area contributed by atoms with Gasteiger partial charge >= 0.3 is 0 Å². The standard InChI is InChI=1S/C16H21N2/c1-13-8-5-6-10-15(13)16-17(2)12-14-9-4-3-7-11-18(14)16/h5-6,8,10,12H,3-4,7,9,11H2,1-2H3/q+1. The molecule has 2 nitrogen and oxygen atoms in total. The quantitative estimate of drug-likeness (QED) is 0.679. The number of benzene rings is 1. The molecule has 1 aliphatic heterocycles. The second kappa shape index (κ2) is 4.60. The zero-order valence-corrected chi connectivity index (χ0v) is 11.3. The Balaban J connectivity index is 2.18. The smallest absolute Gasteiger partial charge is 0.232 e. The highest BCUT2D eigenvalue weighted by molar-refractivity contribution is 5.58. The first-order valence-corrected chi connectivity index (χ1v) is 6.91. The molecule has 0 fully saturated rings. The number of fused-ring (bicyclic) bond motifs is 1. The summed E-state index contributed by atoms with van der Waals surface area (Å²) >= 11 is 0. The summed E-state index contributed by atoms with van der Waals surface area (Å²) in [5.41, 5.74) is 4.22. The predicted molar refractivity (Wildman–Crippen MR) is 73.3 cm³/mol. The van der Waals surface area contributed by atoms with Gasteiger partial charge in [0.1, 0.15) is 11.9 Å². The van der Waals surface area contributed by atoms with Crippen molar-refractivity contribution in [3.63, 3.8) is 0 Å². The van der Waals surface area contributed by atoms with Gasteiger partial charge in [0, 0.05) is 6.42 Å². The third-order valence-corrected chi connectivity index (χ3v) is 3.98. The van der Waals surface area contributed by atoms with E-state index >= 15 is 0 Å². The summed E-state index contributed by atoms with van der Waals surface area (Å²) in [6.07, 6.45) is 7.53. The Hall–Kier alpha value is -1.57. The molecule has 0 saturated carbocycles. The first-order chi connectivity index (χ1) is 8.77. The minimum absolute atomic E-state index is 1.17. The number of aryl methyl sites for hydroxylation is 3. The van der Waals surface area contributed by atoms with Crippen LogP contribution in [0, 0.1) is 6.92 Å². The Bertz CT molecular complexity index is 566. The van der Waals surface area contributed by atoms with E-state index in [1.165, 1.54) is 54.9 Å². The van der Waals surface area contributed by atoms with E-state index in [1.54, 1.807) is 0 Å². The van der Waals surface area contributed by atoms with Crippen molar-refractivity contribution in [2.75, 3.05) is 0 Å². The lowest BCUT2D eigenvalue weighted by atomic mass is 10.1. The number of aromatic nitrogens is 2. The van der Waals surface area contributed by atoms with Crippen molar-refractivity contribution in [2.45, 2.75) is 39.2 Å². The molecule has 0 saturated heterocycles. The summed E-state index contributed by atoms with van der Waals surface area (Å²) < 4.78 is 4.82. The average molecular weight is 241 g/mol. The molecule has 0 unspecified atom stereocenters. The largest absolute Gasteiger partial charge is 0.289 e. The molecule has 1 aromatic carbocycles. The summed E-state index contributed by atoms with van der Waals surface area (Å²) in [6.45, 7) is 3.37. The predicted octanol–water partition coefficient (Wildman–Crippen LogP) is 3.01. The van der Waals surface area contributed by atoms with Gasteiger partial charge in [0.05, 0.1) is 19.2 Å². The molecule has 3 rings (SSSR count). The van der Waals surface area contributed by atoms with Crippen LogP contribution in [0.25, 0.3) is 11.4 Å². The minimum Gasteiger partial charge on any atom is -0.232 e. The molecule has 0 spiro atoms. The van der Waals surface area contributed by atoms with Gasteiger partial charge in [-0.1, -0.05) is 18.2 Å². The molecule has 0 bridgehead atoms. The highest BCUT2D eigenvalue weighted by Gasteiger charge is 2.24. The minimum atomic E-state index is 1.17. The van der Waals surface area contributed by atoms with Crippen molar-refractivity contribution in [1.29, 1.82) is 0 Å². The normalized spacial score (nSPS) is 15.2. The van der Waals surface area contributed by atoms with Crippen molar-refractivity contribution in [3.05, 3.63) is 41.7 Å². The first-order valence-electron chi connectivity index (χ1n) is 6.91. The van der Waals surface area contributed by atoms with Crippen LogP contribution in [0.1, 0.15) is 30.5 Å². The van der Waals surface area contributed by atoms with Gasteiger partial charge in [-0.25, -0.2) is 9.13 Å². The van der Waals surface area contributed by atoms with Crippen LogP contribution in [0.5, 0.6) is 0 Å². The van der Waals surface area contributed by atoms with Crippen LogP contribution in [0.3, 0.4) is 0 Å². The lowest BCUT2D eigenvalue weighted by molar-refractivity contribution is -0.659. The van der Waals surface area contributed by atoms with Crippen molar-refractivity contribution in [3.8, 4) is 11.4 Å². The third kappa shape index (κ3) is 1.86. The van der Waals surface area contributed by atoms with Crippen molar-refractivity contribution < 1.29 is 4.57 Å². The Morgan fingerprint density at radius 1 is 1.11 bits per heavy atom. The van der Waals surface area contributed by atoms with Gasteiger partial charge in [-0.2, -0.15) is 0 Å². The van der Waals surface area contributed by atoms with Gasteiger partial charge in [0.25, 0.3) is 5.82 Å². The van der Waals surface area contributed by atoms with Crippen molar-refractivity contribution in [2.24, 2.45) is 7.05 Å². The number of rotatable bonds is 1. The highest BCUT2D eigenvalue weighted by atomic mass is 15.2. The van der Waals surface area contributed by atoms with Gasteiger partial charge in [0.15, 0.2) is 0 Å². The van der Waals surface area contributed by atoms with E-state index in [1.807, 2.05) is 0 Å². The molecular weight excluding hydrogens is 220 g/mol. The van der Waals surface area contributed by atoms with Gasteiger partial charge in [0.2, 0.25) is 0 Å². The van der Waals surface area contributed by atoms with Gasteiger partial charge in [-0.15, -0.1) is 0 Å². The molecule has 2 aromatic rings. The van der Waals surface area contributed by atoms with E-state index in [0.717, 1.165) is 0 Å². The number of imidazole rings is 1. The molecule has 0 radical (unpaired) electrons.